The van der Waals surface area contributed by atoms with E-state index in [9.17, 15) is 65.8 Å². The summed E-state index contributed by atoms with van der Waals surface area (Å²) in [4.78, 5) is 23.4. The third-order valence-electron chi connectivity index (χ3n) is 6.96. The molecule has 0 aromatic rings. The molecule has 42 heavy (non-hydrogen) atoms. The summed E-state index contributed by atoms with van der Waals surface area (Å²) in [7, 11) is 1.03. The van der Waals surface area contributed by atoms with E-state index in [1.54, 1.807) is 0 Å². The van der Waals surface area contributed by atoms with E-state index < -0.39 is 130 Å². The molecule has 0 aliphatic carbocycles. The van der Waals surface area contributed by atoms with E-state index in [1.807, 2.05) is 0 Å². The van der Waals surface area contributed by atoms with Gasteiger partial charge in [-0.2, -0.15) is 0 Å². The number of carboxylic acid groups (broad SMARTS) is 2. The molecule has 0 aromatic carbocycles. The highest BCUT2D eigenvalue weighted by molar-refractivity contribution is 5.74. The summed E-state index contributed by atoms with van der Waals surface area (Å²) in [5.41, 5.74) is 0. The molecule has 0 amide bonds. The van der Waals surface area contributed by atoms with E-state index >= 15 is 0 Å². The van der Waals surface area contributed by atoms with Crippen molar-refractivity contribution in [3.05, 3.63) is 0 Å². The minimum atomic E-state index is -2.38. The molecule has 3 aliphatic rings. The number of aliphatic hydroxyl groups excluding tert-OH is 9. The van der Waals surface area contributed by atoms with Crippen molar-refractivity contribution >= 4 is 11.9 Å². The maximum atomic E-state index is 11.9. The van der Waals surface area contributed by atoms with Gasteiger partial charge in [0.05, 0.1) is 19.8 Å². The highest BCUT2D eigenvalue weighted by Gasteiger charge is 2.51. The molecule has 20 heteroatoms. The first-order chi connectivity index (χ1) is 19.7. The van der Waals surface area contributed by atoms with Crippen molar-refractivity contribution in [3.8, 4) is 0 Å². The van der Waals surface area contributed by atoms with Gasteiger partial charge in [0.2, 0.25) is 0 Å². The number of aliphatic hydroxyl groups is 9. The first-order valence-corrected chi connectivity index (χ1v) is 12.6. The van der Waals surface area contributed by atoms with Gasteiger partial charge in [0.1, 0.15) is 67.1 Å². The van der Waals surface area contributed by atoms with Crippen LogP contribution in [0.4, 0.5) is 0 Å². The van der Waals surface area contributed by atoms with Gasteiger partial charge in [0.25, 0.3) is 0 Å². The molecule has 0 unspecified atom stereocenters. The van der Waals surface area contributed by atoms with Crippen molar-refractivity contribution in [3.63, 3.8) is 0 Å². The van der Waals surface area contributed by atoms with Crippen molar-refractivity contribution in [1.29, 1.82) is 0 Å². The predicted molar refractivity (Wildman–Crippen MR) is 124 cm³/mol. The zero-order chi connectivity index (χ0) is 31.5. The summed E-state index contributed by atoms with van der Waals surface area (Å²) in [6, 6.07) is 0. The molecule has 244 valence electrons. The SMILES string of the molecule is CO[C@H]1[C@H](O)[C@@H](O)[C@@H](O[C@@H](C(=O)O)[C@@H](O)[C@@H](CO)O[C@@H]2OC[C@@H](O[C@@H]3OC[C@@H](O)[C@H](O)[C@H]3O)[C@H](O)[C@H]2O)O[C@@H]1C(=O)O. The van der Waals surface area contributed by atoms with E-state index in [-0.39, 0.29) is 0 Å². The zero-order valence-corrected chi connectivity index (χ0v) is 22.0. The fraction of sp³-hybridized carbons (Fsp3) is 0.909. The normalized spacial score (nSPS) is 43.3. The summed E-state index contributed by atoms with van der Waals surface area (Å²) in [5.74, 6) is -3.54. The van der Waals surface area contributed by atoms with Gasteiger partial charge in [-0.25, -0.2) is 9.59 Å². The van der Waals surface area contributed by atoms with Crippen molar-refractivity contribution < 1.29 is 98.9 Å². The van der Waals surface area contributed by atoms with Crippen LogP contribution in [-0.2, 0) is 42.7 Å². The fourth-order valence-corrected chi connectivity index (χ4v) is 4.52. The van der Waals surface area contributed by atoms with Crippen LogP contribution in [0.15, 0.2) is 0 Å². The molecule has 0 aromatic heterocycles. The number of aliphatic carboxylic acids is 2. The molecule has 3 rings (SSSR count). The first-order valence-electron chi connectivity index (χ1n) is 12.6. The smallest absolute Gasteiger partial charge is 0.335 e. The molecule has 3 aliphatic heterocycles. The molecule has 0 radical (unpaired) electrons. The molecule has 3 fully saturated rings. The van der Waals surface area contributed by atoms with Crippen LogP contribution in [0, 0.1) is 0 Å². The van der Waals surface area contributed by atoms with Gasteiger partial charge in [-0.3, -0.25) is 0 Å². The largest absolute Gasteiger partial charge is 0.479 e. The lowest BCUT2D eigenvalue weighted by Gasteiger charge is -2.43. The Bertz CT molecular complexity index is 892. The Balaban J connectivity index is 1.65. The molecule has 16 atom stereocenters. The topological polar surface area (TPSA) is 321 Å². The van der Waals surface area contributed by atoms with Crippen LogP contribution in [0.3, 0.4) is 0 Å². The summed E-state index contributed by atoms with van der Waals surface area (Å²) < 4.78 is 35.9. The molecule has 0 bridgehead atoms. The lowest BCUT2D eigenvalue weighted by Crippen LogP contribution is -2.63. The number of hydrogen-bond acceptors (Lipinski definition) is 18. The van der Waals surface area contributed by atoms with Gasteiger partial charge >= 0.3 is 11.9 Å². The van der Waals surface area contributed by atoms with Crippen LogP contribution in [0.1, 0.15) is 0 Å². The first kappa shape index (κ1) is 34.8. The summed E-state index contributed by atoms with van der Waals surface area (Å²) in [6.07, 6.45) is -29.3. The maximum absolute atomic E-state index is 11.9. The molecular formula is C22H36O20. The van der Waals surface area contributed by atoms with Crippen LogP contribution >= 0.6 is 0 Å². The second-order valence-electron chi connectivity index (χ2n) is 9.80. The quantitative estimate of drug-likeness (QED) is 0.0965. The van der Waals surface area contributed by atoms with E-state index in [0.717, 1.165) is 7.11 Å². The zero-order valence-electron chi connectivity index (χ0n) is 22.0. The number of methoxy groups -OCH3 is 1. The van der Waals surface area contributed by atoms with E-state index in [4.69, 9.17) is 33.2 Å². The molecular weight excluding hydrogens is 584 g/mol. The molecule has 3 heterocycles. The number of hydrogen-bond donors (Lipinski definition) is 11. The Hall–Kier alpha value is -1.70. The fourth-order valence-electron chi connectivity index (χ4n) is 4.52. The van der Waals surface area contributed by atoms with Gasteiger partial charge in [-0.05, 0) is 0 Å². The van der Waals surface area contributed by atoms with Gasteiger partial charge < -0.3 is 89.3 Å². The van der Waals surface area contributed by atoms with Crippen LogP contribution < -0.4 is 0 Å². The van der Waals surface area contributed by atoms with Gasteiger partial charge in [-0.1, -0.05) is 0 Å². The molecule has 0 saturated carbocycles. The van der Waals surface area contributed by atoms with Gasteiger partial charge in [-0.15, -0.1) is 0 Å². The van der Waals surface area contributed by atoms with E-state index in [1.165, 1.54) is 0 Å². The number of ether oxygens (including phenoxy) is 7. The predicted octanol–water partition coefficient (Wildman–Crippen LogP) is -7.36. The minimum absolute atomic E-state index is 0.407. The molecule has 11 N–H and O–H groups in total. The summed E-state index contributed by atoms with van der Waals surface area (Å²) >= 11 is 0. The number of carboxylic acids is 2. The second kappa shape index (κ2) is 14.9. The highest BCUT2D eigenvalue weighted by atomic mass is 16.7. The Morgan fingerprint density at radius 2 is 1.40 bits per heavy atom. The maximum Gasteiger partial charge on any atom is 0.335 e. The lowest BCUT2D eigenvalue weighted by molar-refractivity contribution is -0.340. The van der Waals surface area contributed by atoms with Crippen molar-refractivity contribution in [2.24, 2.45) is 0 Å². The third-order valence-corrected chi connectivity index (χ3v) is 6.96. The number of carbonyl (C=O) groups is 2. The second-order valence-corrected chi connectivity index (χ2v) is 9.80. The van der Waals surface area contributed by atoms with Crippen molar-refractivity contribution in [2.75, 3.05) is 26.9 Å². The van der Waals surface area contributed by atoms with Crippen LogP contribution in [0.2, 0.25) is 0 Å². The third kappa shape index (κ3) is 7.50. The van der Waals surface area contributed by atoms with E-state index in [0.29, 0.717) is 0 Å². The Morgan fingerprint density at radius 1 is 0.810 bits per heavy atom. The summed E-state index contributed by atoms with van der Waals surface area (Å²) in [6.45, 7) is -2.06. The van der Waals surface area contributed by atoms with E-state index in [2.05, 4.69) is 0 Å². The average molecular weight is 621 g/mol. The Kier molecular flexibility index (Phi) is 12.3. The molecule has 20 nitrogen and oxygen atoms in total. The van der Waals surface area contributed by atoms with Gasteiger partial charge in [0, 0.05) is 7.11 Å². The monoisotopic (exact) mass is 620 g/mol. The van der Waals surface area contributed by atoms with Crippen LogP contribution in [0.25, 0.3) is 0 Å². The Labute approximate surface area is 236 Å². The van der Waals surface area contributed by atoms with Crippen LogP contribution in [0.5, 0.6) is 0 Å². The lowest BCUT2D eigenvalue weighted by atomic mass is 9.98. The Morgan fingerprint density at radius 3 is 1.98 bits per heavy atom. The van der Waals surface area contributed by atoms with Crippen molar-refractivity contribution in [1.82, 2.24) is 0 Å². The molecule has 0 spiro atoms. The van der Waals surface area contributed by atoms with Gasteiger partial charge in [0.15, 0.2) is 31.1 Å². The van der Waals surface area contributed by atoms with Crippen LogP contribution in [-0.4, -0.2) is 193 Å². The van der Waals surface area contributed by atoms with Crippen molar-refractivity contribution in [2.45, 2.75) is 98.2 Å². The average Bonchev–Trinajstić information content (AvgIpc) is 2.95. The standard InChI is InChI=1S/C22H36O20/c1-36-15-11(28)14(31)22(42-17(15)19(34)35)41-16(18(32)33)10(27)6(2-23)39-21-13(30)9(26)7(4-38-21)40-20-12(29)8(25)5(24)3-37-20/h5-17,20-31H,2-4H2,1H3,(H,32,33)(H,34,35)/t5-,6-,7-,8+,9+,10+,11-,12-,13-,14-,15+,16-,17+,20+,21+,22+/m1/s1. The number of rotatable bonds is 12. The minimum Gasteiger partial charge on any atom is -0.479 e. The molecule has 3 saturated heterocycles. The summed E-state index contributed by atoms with van der Waals surface area (Å²) in [5, 5.41) is 110. The highest BCUT2D eigenvalue weighted by Crippen LogP contribution is 2.28.